The average molecular weight is 436 g/mol. The second-order valence-corrected chi connectivity index (χ2v) is 7.92. The van der Waals surface area contributed by atoms with Crippen molar-refractivity contribution in [2.24, 2.45) is 0 Å². The number of hydrogen-bond acceptors (Lipinski definition) is 4. The third-order valence-electron chi connectivity index (χ3n) is 5.61. The van der Waals surface area contributed by atoms with E-state index in [4.69, 9.17) is 0 Å². The number of amides is 1. The van der Waals surface area contributed by atoms with Crippen LogP contribution in [-0.2, 0) is 11.0 Å². The molecular weight excluding hydrogens is 409 g/mol. The van der Waals surface area contributed by atoms with Crippen molar-refractivity contribution in [2.75, 3.05) is 19.6 Å². The van der Waals surface area contributed by atoms with Gasteiger partial charge in [-0.2, -0.15) is 18.3 Å². The molecule has 31 heavy (non-hydrogen) atoms. The summed E-state index contributed by atoms with van der Waals surface area (Å²) in [6.07, 6.45) is -1.86. The van der Waals surface area contributed by atoms with Gasteiger partial charge in [-0.15, -0.1) is 0 Å². The maximum Gasteiger partial charge on any atom is 0.416 e. The third-order valence-corrected chi connectivity index (χ3v) is 5.61. The number of benzene rings is 1. The number of aromatic nitrogens is 2. The summed E-state index contributed by atoms with van der Waals surface area (Å²) in [6, 6.07) is 4.64. The van der Waals surface area contributed by atoms with Gasteiger partial charge in [-0.3, -0.25) is 9.59 Å². The molecule has 0 atom stereocenters. The maximum absolute atomic E-state index is 13.1. The lowest BCUT2D eigenvalue weighted by Crippen LogP contribution is -2.46. The lowest BCUT2D eigenvalue weighted by atomic mass is 10.0. The zero-order valence-corrected chi connectivity index (χ0v) is 17.9. The number of halogens is 3. The van der Waals surface area contributed by atoms with Crippen LogP contribution in [0.2, 0.25) is 0 Å². The van der Waals surface area contributed by atoms with Crippen LogP contribution in [0.5, 0.6) is 0 Å². The average Bonchev–Trinajstić information content (AvgIpc) is 3.02. The van der Waals surface area contributed by atoms with E-state index in [0.717, 1.165) is 51.0 Å². The minimum atomic E-state index is -4.49. The number of ketones is 1. The van der Waals surface area contributed by atoms with Gasteiger partial charge in [0.1, 0.15) is 0 Å². The molecule has 1 saturated heterocycles. The number of aryl methyl sites for hydroxylation is 1. The first kappa shape index (κ1) is 23.0. The maximum atomic E-state index is 13.1. The molecule has 168 valence electrons. The second-order valence-electron chi connectivity index (χ2n) is 7.92. The predicted molar refractivity (Wildman–Crippen MR) is 110 cm³/mol. The van der Waals surface area contributed by atoms with Gasteiger partial charge >= 0.3 is 6.18 Å². The highest BCUT2D eigenvalue weighted by atomic mass is 19.4. The fraction of sp³-hybridized carbons (Fsp3) is 0.500. The third kappa shape index (κ3) is 5.15. The van der Waals surface area contributed by atoms with Crippen LogP contribution >= 0.6 is 0 Å². The Morgan fingerprint density at radius 3 is 2.48 bits per heavy atom. The fourth-order valence-corrected chi connectivity index (χ4v) is 4.02. The molecule has 1 amide bonds. The van der Waals surface area contributed by atoms with Crippen LogP contribution in [0.15, 0.2) is 24.3 Å². The summed E-state index contributed by atoms with van der Waals surface area (Å²) in [5.74, 6) is -1.42. The Kier molecular flexibility index (Phi) is 6.83. The number of hydrogen-bond donors (Lipinski definition) is 1. The minimum Gasteiger partial charge on any atom is -0.346 e. The Morgan fingerprint density at radius 2 is 1.87 bits per heavy atom. The minimum absolute atomic E-state index is 0.0660. The molecule has 0 unspecified atom stereocenters. The normalized spacial score (nSPS) is 15.8. The molecule has 1 aromatic carbocycles. The predicted octanol–water partition coefficient (Wildman–Crippen LogP) is 3.68. The lowest BCUT2D eigenvalue weighted by molar-refractivity contribution is -0.137. The number of nitrogens with zero attached hydrogens (tertiary/aromatic N) is 3. The molecule has 6 nitrogen and oxygen atoms in total. The molecule has 0 spiro atoms. The monoisotopic (exact) mass is 436 g/mol. The number of nitrogens with one attached hydrogen (secondary N) is 1. The first-order chi connectivity index (χ1) is 14.6. The standard InChI is InChI=1S/C22H27F3N4O2/c1-4-10-28-11-8-17(9-12-28)26-21(31)20(30)19-14(2)27-29(15(19)3)18-7-5-6-16(13-18)22(23,24)25/h5-7,13,17H,4,8-12H2,1-3H3,(H,26,31). The summed E-state index contributed by atoms with van der Waals surface area (Å²) in [5.41, 5.74) is 0.122. The summed E-state index contributed by atoms with van der Waals surface area (Å²) in [5, 5.41) is 7.04. The molecule has 2 heterocycles. The van der Waals surface area contributed by atoms with E-state index in [1.165, 1.54) is 16.8 Å². The van der Waals surface area contributed by atoms with Crippen molar-refractivity contribution in [1.29, 1.82) is 0 Å². The van der Waals surface area contributed by atoms with Gasteiger partial charge in [0.25, 0.3) is 11.7 Å². The van der Waals surface area contributed by atoms with Crippen molar-refractivity contribution in [3.63, 3.8) is 0 Å². The first-order valence-corrected chi connectivity index (χ1v) is 10.4. The molecule has 3 rings (SSSR count). The molecule has 9 heteroatoms. The summed E-state index contributed by atoms with van der Waals surface area (Å²) < 4.78 is 40.4. The van der Waals surface area contributed by atoms with E-state index < -0.39 is 23.4 Å². The summed E-state index contributed by atoms with van der Waals surface area (Å²) in [7, 11) is 0. The van der Waals surface area contributed by atoms with E-state index in [0.29, 0.717) is 11.4 Å². The fourth-order valence-electron chi connectivity index (χ4n) is 4.02. The van der Waals surface area contributed by atoms with Crippen LogP contribution in [0.3, 0.4) is 0 Å². The number of Topliss-reactive ketones (excluding diaryl/α,β-unsaturated/α-hetero) is 1. The van der Waals surface area contributed by atoms with E-state index >= 15 is 0 Å². The van der Waals surface area contributed by atoms with E-state index in [1.54, 1.807) is 13.8 Å². The lowest BCUT2D eigenvalue weighted by Gasteiger charge is -2.31. The van der Waals surface area contributed by atoms with Crippen LogP contribution in [-0.4, -0.2) is 52.0 Å². The van der Waals surface area contributed by atoms with Crippen molar-refractivity contribution in [3.05, 3.63) is 46.8 Å². The van der Waals surface area contributed by atoms with Gasteiger partial charge in [0.05, 0.1) is 28.2 Å². The highest BCUT2D eigenvalue weighted by Gasteiger charge is 2.32. The summed E-state index contributed by atoms with van der Waals surface area (Å²) in [4.78, 5) is 27.8. The Bertz CT molecular complexity index is 960. The zero-order valence-electron chi connectivity index (χ0n) is 17.9. The van der Waals surface area contributed by atoms with Crippen LogP contribution in [0, 0.1) is 13.8 Å². The molecule has 0 aliphatic carbocycles. The van der Waals surface area contributed by atoms with Gasteiger partial charge in [0.2, 0.25) is 0 Å². The van der Waals surface area contributed by atoms with E-state index in [2.05, 4.69) is 22.2 Å². The van der Waals surface area contributed by atoms with Crippen molar-refractivity contribution in [3.8, 4) is 5.69 Å². The largest absolute Gasteiger partial charge is 0.416 e. The van der Waals surface area contributed by atoms with Gasteiger partial charge in [-0.25, -0.2) is 4.68 Å². The first-order valence-electron chi connectivity index (χ1n) is 10.4. The van der Waals surface area contributed by atoms with Crippen LogP contribution in [0.4, 0.5) is 13.2 Å². The van der Waals surface area contributed by atoms with Gasteiger partial charge < -0.3 is 10.2 Å². The van der Waals surface area contributed by atoms with Crippen molar-refractivity contribution >= 4 is 11.7 Å². The molecule has 1 aliphatic heterocycles. The van der Waals surface area contributed by atoms with Gasteiger partial charge in [-0.05, 0) is 57.9 Å². The number of alkyl halides is 3. The molecule has 1 aliphatic rings. The van der Waals surface area contributed by atoms with Crippen molar-refractivity contribution in [2.45, 2.75) is 52.3 Å². The summed E-state index contributed by atoms with van der Waals surface area (Å²) >= 11 is 0. The molecule has 0 bridgehead atoms. The van der Waals surface area contributed by atoms with Crippen molar-refractivity contribution in [1.82, 2.24) is 20.0 Å². The van der Waals surface area contributed by atoms with Gasteiger partial charge in [0.15, 0.2) is 0 Å². The topological polar surface area (TPSA) is 67.2 Å². The highest BCUT2D eigenvalue weighted by Crippen LogP contribution is 2.31. The molecule has 1 fully saturated rings. The number of carbonyl (C=O) groups is 2. The molecule has 0 saturated carbocycles. The molecule has 0 radical (unpaired) electrons. The van der Waals surface area contributed by atoms with E-state index in [9.17, 15) is 22.8 Å². The number of piperidine rings is 1. The van der Waals surface area contributed by atoms with Crippen LogP contribution in [0.1, 0.15) is 53.5 Å². The second kappa shape index (κ2) is 9.21. The Labute approximate surface area is 179 Å². The SMILES string of the molecule is CCCN1CCC(NC(=O)C(=O)c2c(C)nn(-c3cccc(C(F)(F)F)c3)c2C)CC1. The Hall–Kier alpha value is -2.68. The smallest absolute Gasteiger partial charge is 0.346 e. The van der Waals surface area contributed by atoms with E-state index in [-0.39, 0.29) is 17.3 Å². The van der Waals surface area contributed by atoms with Crippen molar-refractivity contribution < 1.29 is 22.8 Å². The Morgan fingerprint density at radius 1 is 1.19 bits per heavy atom. The van der Waals surface area contributed by atoms with Gasteiger partial charge in [-0.1, -0.05) is 13.0 Å². The highest BCUT2D eigenvalue weighted by molar-refractivity contribution is 6.43. The molecular formula is C22H27F3N4O2. The zero-order chi connectivity index (χ0) is 22.8. The molecule has 1 aromatic heterocycles. The Balaban J connectivity index is 1.76. The quantitative estimate of drug-likeness (QED) is 0.554. The number of carbonyl (C=O) groups excluding carboxylic acids is 2. The number of likely N-dealkylation sites (tertiary alicyclic amines) is 1. The van der Waals surface area contributed by atoms with Crippen LogP contribution < -0.4 is 5.32 Å². The number of rotatable bonds is 6. The van der Waals surface area contributed by atoms with E-state index in [1.807, 2.05) is 0 Å². The molecule has 1 N–H and O–H groups in total. The molecule has 2 aromatic rings. The summed E-state index contributed by atoms with van der Waals surface area (Å²) in [6.45, 7) is 8.03. The van der Waals surface area contributed by atoms with Gasteiger partial charge in [0, 0.05) is 19.1 Å². The van der Waals surface area contributed by atoms with Crippen LogP contribution in [0.25, 0.3) is 5.69 Å².